The molecule has 0 saturated heterocycles. The number of carbonyl (C=O) groups excluding carboxylic acids is 1. The molecular weight excluding hydrogens is 473 g/mol. The summed E-state index contributed by atoms with van der Waals surface area (Å²) >= 11 is 8.45. The van der Waals surface area contributed by atoms with Crippen molar-refractivity contribution in [3.8, 4) is 11.5 Å². The Morgan fingerprint density at radius 3 is 2.44 bits per heavy atom. The molecule has 3 aromatic carbocycles. The lowest BCUT2D eigenvalue weighted by Crippen LogP contribution is -2.02. The molecule has 0 unspecified atom stereocenters. The number of para-hydroxylation sites is 3. The zero-order chi connectivity index (χ0) is 19.2. The molecular formula is C22H17ClINO2. The van der Waals surface area contributed by atoms with Gasteiger partial charge in [-0.15, -0.1) is 0 Å². The molecule has 3 nitrogen and oxygen atoms in total. The number of nitrogens with one attached hydrogen (secondary N) is 1. The predicted octanol–water partition coefficient (Wildman–Crippen LogP) is 6.94. The van der Waals surface area contributed by atoms with Crippen molar-refractivity contribution in [1.82, 2.24) is 0 Å². The van der Waals surface area contributed by atoms with Crippen molar-refractivity contribution in [1.29, 1.82) is 0 Å². The van der Waals surface area contributed by atoms with E-state index in [4.69, 9.17) is 16.3 Å². The first-order chi connectivity index (χ1) is 13.0. The minimum atomic E-state index is -0.0559. The SMILES string of the molecule is C/C(=C/C(=O)c1ccccc1)Nc1ccccc1Oc1c(Cl)cccc1I. The highest BCUT2D eigenvalue weighted by Gasteiger charge is 2.11. The van der Waals surface area contributed by atoms with E-state index < -0.39 is 0 Å². The van der Waals surface area contributed by atoms with Crippen LogP contribution in [-0.2, 0) is 0 Å². The van der Waals surface area contributed by atoms with E-state index in [1.807, 2.05) is 61.5 Å². The van der Waals surface area contributed by atoms with Gasteiger partial charge in [0.2, 0.25) is 0 Å². The van der Waals surface area contributed by atoms with Crippen LogP contribution in [0.15, 0.2) is 84.6 Å². The van der Waals surface area contributed by atoms with Gasteiger partial charge in [0.05, 0.1) is 14.3 Å². The third kappa shape index (κ3) is 5.11. The van der Waals surface area contributed by atoms with Gasteiger partial charge < -0.3 is 10.1 Å². The predicted molar refractivity (Wildman–Crippen MR) is 119 cm³/mol. The zero-order valence-electron chi connectivity index (χ0n) is 14.6. The fourth-order valence-electron chi connectivity index (χ4n) is 2.48. The van der Waals surface area contributed by atoms with Gasteiger partial charge in [0.1, 0.15) is 0 Å². The number of benzene rings is 3. The van der Waals surface area contributed by atoms with Crippen LogP contribution in [0.2, 0.25) is 5.02 Å². The third-order valence-corrected chi connectivity index (χ3v) is 4.90. The molecule has 0 aliphatic carbocycles. The Labute approximate surface area is 177 Å². The normalized spacial score (nSPS) is 11.1. The summed E-state index contributed by atoms with van der Waals surface area (Å²) in [5, 5.41) is 3.78. The minimum absolute atomic E-state index is 0.0559. The maximum absolute atomic E-state index is 12.3. The molecule has 0 bridgehead atoms. The van der Waals surface area contributed by atoms with Gasteiger partial charge in [0, 0.05) is 17.3 Å². The van der Waals surface area contributed by atoms with Crippen molar-refractivity contribution >= 4 is 45.7 Å². The molecule has 0 aromatic heterocycles. The van der Waals surface area contributed by atoms with E-state index in [9.17, 15) is 4.79 Å². The smallest absolute Gasteiger partial charge is 0.187 e. The highest BCUT2D eigenvalue weighted by atomic mass is 127. The fourth-order valence-corrected chi connectivity index (χ4v) is 3.46. The Bertz CT molecular complexity index is 966. The number of ketones is 1. The molecule has 136 valence electrons. The second kappa shape index (κ2) is 9.06. The largest absolute Gasteiger partial charge is 0.452 e. The van der Waals surface area contributed by atoms with Gasteiger partial charge in [-0.2, -0.15) is 0 Å². The highest BCUT2D eigenvalue weighted by molar-refractivity contribution is 14.1. The average molecular weight is 490 g/mol. The Balaban J connectivity index is 1.82. The summed E-state index contributed by atoms with van der Waals surface area (Å²) < 4.78 is 6.97. The average Bonchev–Trinajstić information content (AvgIpc) is 2.66. The van der Waals surface area contributed by atoms with Gasteiger partial charge >= 0.3 is 0 Å². The number of hydrogen-bond acceptors (Lipinski definition) is 3. The molecule has 1 N–H and O–H groups in total. The van der Waals surface area contributed by atoms with Crippen LogP contribution in [0.4, 0.5) is 5.69 Å². The molecule has 0 atom stereocenters. The summed E-state index contributed by atoms with van der Waals surface area (Å²) in [6, 6.07) is 22.3. The quantitative estimate of drug-likeness (QED) is 0.232. The van der Waals surface area contributed by atoms with E-state index in [-0.39, 0.29) is 5.78 Å². The summed E-state index contributed by atoms with van der Waals surface area (Å²) in [7, 11) is 0. The maximum atomic E-state index is 12.3. The number of carbonyl (C=O) groups is 1. The van der Waals surface area contributed by atoms with Gasteiger partial charge in [-0.25, -0.2) is 0 Å². The topological polar surface area (TPSA) is 38.3 Å². The lowest BCUT2D eigenvalue weighted by Gasteiger charge is -2.15. The number of rotatable bonds is 6. The van der Waals surface area contributed by atoms with E-state index in [0.29, 0.717) is 27.8 Å². The van der Waals surface area contributed by atoms with Crippen LogP contribution >= 0.6 is 34.2 Å². The molecule has 0 aliphatic rings. The van der Waals surface area contributed by atoms with E-state index in [0.717, 1.165) is 9.26 Å². The number of halogens is 2. The third-order valence-electron chi connectivity index (χ3n) is 3.76. The van der Waals surface area contributed by atoms with E-state index in [1.54, 1.807) is 24.3 Å². The maximum Gasteiger partial charge on any atom is 0.187 e. The molecule has 0 amide bonds. The molecule has 5 heteroatoms. The Hall–Kier alpha value is -2.31. The summed E-state index contributed by atoms with van der Waals surface area (Å²) in [6.07, 6.45) is 1.57. The Morgan fingerprint density at radius 1 is 1.00 bits per heavy atom. The van der Waals surface area contributed by atoms with Gasteiger partial charge in [-0.1, -0.05) is 60.1 Å². The van der Waals surface area contributed by atoms with E-state index >= 15 is 0 Å². The first-order valence-electron chi connectivity index (χ1n) is 8.30. The molecule has 0 fully saturated rings. The summed E-state index contributed by atoms with van der Waals surface area (Å²) in [6.45, 7) is 1.84. The van der Waals surface area contributed by atoms with E-state index in [1.165, 1.54) is 0 Å². The Morgan fingerprint density at radius 2 is 1.70 bits per heavy atom. The van der Waals surface area contributed by atoms with Gasteiger partial charge in [0.25, 0.3) is 0 Å². The van der Waals surface area contributed by atoms with Crippen LogP contribution < -0.4 is 10.1 Å². The number of anilines is 1. The van der Waals surface area contributed by atoms with Gasteiger partial charge in [0.15, 0.2) is 17.3 Å². The van der Waals surface area contributed by atoms with Crippen molar-refractivity contribution in [2.75, 3.05) is 5.32 Å². The monoisotopic (exact) mass is 489 g/mol. The Kier molecular flexibility index (Phi) is 6.53. The number of ether oxygens (including phenoxy) is 1. The van der Waals surface area contributed by atoms with E-state index in [2.05, 4.69) is 27.9 Å². The summed E-state index contributed by atoms with van der Waals surface area (Å²) in [5.41, 5.74) is 2.12. The van der Waals surface area contributed by atoms with Crippen molar-refractivity contribution < 1.29 is 9.53 Å². The van der Waals surface area contributed by atoms with Crippen molar-refractivity contribution in [2.24, 2.45) is 0 Å². The molecule has 0 radical (unpaired) electrons. The molecule has 0 spiro atoms. The van der Waals surface area contributed by atoms with Gasteiger partial charge in [-0.05, 0) is 53.8 Å². The second-order valence-corrected chi connectivity index (χ2v) is 7.40. The van der Waals surface area contributed by atoms with Crippen molar-refractivity contribution in [2.45, 2.75) is 6.92 Å². The van der Waals surface area contributed by atoms with Crippen LogP contribution in [0.25, 0.3) is 0 Å². The summed E-state index contributed by atoms with van der Waals surface area (Å²) in [5.74, 6) is 1.18. The molecule has 0 saturated carbocycles. The van der Waals surface area contributed by atoms with Crippen molar-refractivity contribution in [3.05, 3.63) is 98.7 Å². The molecule has 27 heavy (non-hydrogen) atoms. The van der Waals surface area contributed by atoms with Gasteiger partial charge in [-0.3, -0.25) is 4.79 Å². The lowest BCUT2D eigenvalue weighted by atomic mass is 10.1. The van der Waals surface area contributed by atoms with Crippen LogP contribution in [-0.4, -0.2) is 5.78 Å². The number of hydrogen-bond donors (Lipinski definition) is 1. The minimum Gasteiger partial charge on any atom is -0.452 e. The van der Waals surface area contributed by atoms with Crippen LogP contribution in [0.1, 0.15) is 17.3 Å². The first kappa shape index (κ1) is 19.5. The highest BCUT2D eigenvalue weighted by Crippen LogP contribution is 2.37. The van der Waals surface area contributed by atoms with Crippen LogP contribution in [0.3, 0.4) is 0 Å². The lowest BCUT2D eigenvalue weighted by molar-refractivity contribution is 0.104. The number of allylic oxidation sites excluding steroid dienone is 2. The second-order valence-electron chi connectivity index (χ2n) is 5.83. The summed E-state index contributed by atoms with van der Waals surface area (Å²) in [4.78, 5) is 12.3. The first-order valence-corrected chi connectivity index (χ1v) is 9.76. The standard InChI is InChI=1S/C22H17ClINO2/c1-15(14-20(26)16-8-3-2-4-9-16)25-19-12-5-6-13-21(19)27-22-17(23)10-7-11-18(22)24/h2-14,25H,1H3/b15-14-. The van der Waals surface area contributed by atoms with Crippen LogP contribution in [0, 0.1) is 3.57 Å². The molecule has 3 rings (SSSR count). The molecule has 0 aliphatic heterocycles. The zero-order valence-corrected chi connectivity index (χ0v) is 17.5. The van der Waals surface area contributed by atoms with Crippen molar-refractivity contribution in [3.63, 3.8) is 0 Å². The molecule has 3 aromatic rings. The molecule has 0 heterocycles. The van der Waals surface area contributed by atoms with Crippen LogP contribution in [0.5, 0.6) is 11.5 Å². The fraction of sp³-hybridized carbons (Fsp3) is 0.0455.